The maximum Gasteiger partial charge on any atom is 0.238 e. The summed E-state index contributed by atoms with van der Waals surface area (Å²) in [6.07, 6.45) is 2.20. The molecule has 22 heavy (non-hydrogen) atoms. The molecular weight excluding hydrogens is 304 g/mol. The third kappa shape index (κ3) is 2.80. The van der Waals surface area contributed by atoms with E-state index in [0.29, 0.717) is 17.8 Å². The number of pyridine rings is 1. The molecule has 1 aliphatic heterocycles. The SMILES string of the molecule is O=C(CS(=O)(=O)c1cc[n+]([O-])cc1)N1Cc2ccccc2C1. The summed E-state index contributed by atoms with van der Waals surface area (Å²) < 4.78 is 24.9. The molecule has 114 valence electrons. The normalized spacial score (nSPS) is 13.9. The van der Waals surface area contributed by atoms with Gasteiger partial charge in [-0.05, 0) is 11.1 Å². The summed E-state index contributed by atoms with van der Waals surface area (Å²) in [6, 6.07) is 10.1. The Balaban J connectivity index is 1.74. The maximum absolute atomic E-state index is 12.2. The molecule has 1 aliphatic rings. The Morgan fingerprint density at radius 3 is 2.18 bits per heavy atom. The van der Waals surface area contributed by atoms with Gasteiger partial charge in [-0.25, -0.2) is 8.42 Å². The first-order valence-electron chi connectivity index (χ1n) is 6.72. The lowest BCUT2D eigenvalue weighted by molar-refractivity contribution is -0.605. The highest BCUT2D eigenvalue weighted by molar-refractivity contribution is 7.92. The van der Waals surface area contributed by atoms with Gasteiger partial charge in [-0.2, -0.15) is 4.73 Å². The minimum Gasteiger partial charge on any atom is -0.619 e. The highest BCUT2D eigenvalue weighted by Crippen LogP contribution is 2.23. The number of amides is 1. The molecule has 0 radical (unpaired) electrons. The van der Waals surface area contributed by atoms with Gasteiger partial charge in [0, 0.05) is 25.2 Å². The van der Waals surface area contributed by atoms with Crippen molar-refractivity contribution in [2.45, 2.75) is 18.0 Å². The zero-order valence-electron chi connectivity index (χ0n) is 11.7. The Bertz CT molecular complexity index is 791. The van der Waals surface area contributed by atoms with Crippen LogP contribution in [0.4, 0.5) is 0 Å². The van der Waals surface area contributed by atoms with E-state index >= 15 is 0 Å². The number of carbonyl (C=O) groups excluding carboxylic acids is 1. The minimum absolute atomic E-state index is 0.0235. The number of benzene rings is 1. The predicted molar refractivity (Wildman–Crippen MR) is 78.2 cm³/mol. The highest BCUT2D eigenvalue weighted by atomic mass is 32.2. The van der Waals surface area contributed by atoms with Crippen LogP contribution in [0.3, 0.4) is 0 Å². The lowest BCUT2D eigenvalue weighted by Crippen LogP contribution is -2.32. The molecule has 0 saturated heterocycles. The van der Waals surface area contributed by atoms with Crippen molar-refractivity contribution >= 4 is 15.7 Å². The molecular formula is C15H14N2O4S. The van der Waals surface area contributed by atoms with Crippen LogP contribution in [-0.4, -0.2) is 25.0 Å². The molecule has 1 aromatic carbocycles. The lowest BCUT2D eigenvalue weighted by Gasteiger charge is -2.15. The molecule has 1 aromatic heterocycles. The molecule has 0 N–H and O–H groups in total. The molecule has 0 bridgehead atoms. The molecule has 0 aliphatic carbocycles. The standard InChI is InChI=1S/C15H14N2O4S/c18-15(16-9-12-3-1-2-4-13(12)10-16)11-22(20,21)14-5-7-17(19)8-6-14/h1-8H,9-11H2. The Hall–Kier alpha value is -2.41. The van der Waals surface area contributed by atoms with E-state index < -0.39 is 21.5 Å². The van der Waals surface area contributed by atoms with Crippen molar-refractivity contribution in [3.8, 4) is 0 Å². The van der Waals surface area contributed by atoms with Crippen molar-refractivity contribution in [1.29, 1.82) is 0 Å². The van der Waals surface area contributed by atoms with Gasteiger partial charge in [0.25, 0.3) is 0 Å². The van der Waals surface area contributed by atoms with E-state index in [1.807, 2.05) is 24.3 Å². The summed E-state index contributed by atoms with van der Waals surface area (Å²) in [6.45, 7) is 0.861. The quantitative estimate of drug-likeness (QED) is 0.614. The lowest BCUT2D eigenvalue weighted by atomic mass is 10.1. The summed E-state index contributed by atoms with van der Waals surface area (Å²) >= 11 is 0. The van der Waals surface area contributed by atoms with Crippen LogP contribution in [-0.2, 0) is 27.7 Å². The van der Waals surface area contributed by atoms with E-state index in [1.165, 1.54) is 17.0 Å². The summed E-state index contributed by atoms with van der Waals surface area (Å²) in [5.41, 5.74) is 2.08. The van der Waals surface area contributed by atoms with Crippen LogP contribution in [0, 0.1) is 5.21 Å². The average molecular weight is 318 g/mol. The van der Waals surface area contributed by atoms with E-state index in [4.69, 9.17) is 0 Å². The Morgan fingerprint density at radius 1 is 1.09 bits per heavy atom. The number of aromatic nitrogens is 1. The zero-order valence-corrected chi connectivity index (χ0v) is 12.5. The first-order chi connectivity index (χ1) is 10.5. The summed E-state index contributed by atoms with van der Waals surface area (Å²) in [4.78, 5) is 13.8. The first kappa shape index (κ1) is 14.5. The van der Waals surface area contributed by atoms with Crippen molar-refractivity contribution < 1.29 is 17.9 Å². The van der Waals surface area contributed by atoms with Crippen molar-refractivity contribution in [2.24, 2.45) is 0 Å². The molecule has 0 spiro atoms. The van der Waals surface area contributed by atoms with Crippen LogP contribution in [0.1, 0.15) is 11.1 Å². The topological polar surface area (TPSA) is 81.4 Å². The van der Waals surface area contributed by atoms with E-state index in [0.717, 1.165) is 23.5 Å². The monoisotopic (exact) mass is 318 g/mol. The van der Waals surface area contributed by atoms with Crippen molar-refractivity contribution in [2.75, 3.05) is 5.75 Å². The Labute approximate surface area is 128 Å². The number of hydrogen-bond donors (Lipinski definition) is 0. The smallest absolute Gasteiger partial charge is 0.238 e. The summed E-state index contributed by atoms with van der Waals surface area (Å²) in [5, 5.41) is 11.0. The molecule has 2 aromatic rings. The van der Waals surface area contributed by atoms with Crippen LogP contribution >= 0.6 is 0 Å². The maximum atomic E-state index is 12.2. The van der Waals surface area contributed by atoms with Gasteiger partial charge in [0.2, 0.25) is 5.91 Å². The van der Waals surface area contributed by atoms with E-state index in [-0.39, 0.29) is 4.90 Å². The number of nitrogens with zero attached hydrogens (tertiary/aromatic N) is 2. The largest absolute Gasteiger partial charge is 0.619 e. The molecule has 3 rings (SSSR count). The van der Waals surface area contributed by atoms with Gasteiger partial charge in [-0.15, -0.1) is 0 Å². The van der Waals surface area contributed by atoms with Gasteiger partial charge in [0.05, 0.1) is 4.90 Å². The van der Waals surface area contributed by atoms with E-state index in [2.05, 4.69) is 0 Å². The molecule has 2 heterocycles. The van der Waals surface area contributed by atoms with Gasteiger partial charge < -0.3 is 10.1 Å². The molecule has 1 amide bonds. The second-order valence-electron chi connectivity index (χ2n) is 5.17. The average Bonchev–Trinajstić information content (AvgIpc) is 2.91. The minimum atomic E-state index is -3.74. The number of carbonyl (C=O) groups is 1. The van der Waals surface area contributed by atoms with Gasteiger partial charge >= 0.3 is 0 Å². The molecule has 6 nitrogen and oxygen atoms in total. The van der Waals surface area contributed by atoms with Crippen molar-refractivity contribution in [3.63, 3.8) is 0 Å². The first-order valence-corrected chi connectivity index (χ1v) is 8.37. The third-order valence-electron chi connectivity index (χ3n) is 3.64. The van der Waals surface area contributed by atoms with Crippen LogP contribution in [0.2, 0.25) is 0 Å². The van der Waals surface area contributed by atoms with E-state index in [1.54, 1.807) is 0 Å². The van der Waals surface area contributed by atoms with Gasteiger partial charge in [0.15, 0.2) is 22.2 Å². The van der Waals surface area contributed by atoms with Crippen LogP contribution in [0.25, 0.3) is 0 Å². The van der Waals surface area contributed by atoms with Crippen molar-refractivity contribution in [1.82, 2.24) is 4.90 Å². The third-order valence-corrected chi connectivity index (χ3v) is 5.25. The molecule has 0 unspecified atom stereocenters. The fourth-order valence-electron chi connectivity index (χ4n) is 2.45. The Morgan fingerprint density at radius 2 is 1.64 bits per heavy atom. The van der Waals surface area contributed by atoms with Crippen LogP contribution < -0.4 is 4.73 Å². The molecule has 0 atom stereocenters. The predicted octanol–water partition coefficient (Wildman–Crippen LogP) is 0.636. The van der Waals surface area contributed by atoms with Crippen molar-refractivity contribution in [3.05, 3.63) is 65.1 Å². The summed E-state index contributed by atoms with van der Waals surface area (Å²) in [7, 11) is -3.74. The van der Waals surface area contributed by atoms with Crippen LogP contribution in [0.5, 0.6) is 0 Å². The number of rotatable bonds is 3. The molecule has 0 fully saturated rings. The number of sulfone groups is 1. The zero-order chi connectivity index (χ0) is 15.7. The second-order valence-corrected chi connectivity index (χ2v) is 7.16. The van der Waals surface area contributed by atoms with E-state index in [9.17, 15) is 18.4 Å². The summed E-state index contributed by atoms with van der Waals surface area (Å²) in [5.74, 6) is -1.03. The van der Waals surface area contributed by atoms with Gasteiger partial charge in [0.1, 0.15) is 5.75 Å². The molecule has 7 heteroatoms. The van der Waals surface area contributed by atoms with Gasteiger partial charge in [-0.1, -0.05) is 24.3 Å². The molecule has 0 saturated carbocycles. The Kier molecular flexibility index (Phi) is 3.58. The van der Waals surface area contributed by atoms with Gasteiger partial charge in [-0.3, -0.25) is 4.79 Å². The highest BCUT2D eigenvalue weighted by Gasteiger charge is 2.28. The fourth-order valence-corrected chi connectivity index (χ4v) is 3.66. The second kappa shape index (κ2) is 5.42. The fraction of sp³-hybridized carbons (Fsp3) is 0.200. The van der Waals surface area contributed by atoms with Crippen LogP contribution in [0.15, 0.2) is 53.7 Å². The number of fused-ring (bicyclic) bond motifs is 1. The number of hydrogen-bond acceptors (Lipinski definition) is 4.